The molecule has 4 heteroatoms. The maximum absolute atomic E-state index is 4.71. The Balaban J connectivity index is 2.39. The molecule has 2 aromatic rings. The first-order valence-corrected chi connectivity index (χ1v) is 8.01. The monoisotopic (exact) mass is 347 g/mol. The van der Waals surface area contributed by atoms with E-state index in [1.807, 2.05) is 6.07 Å². The lowest BCUT2D eigenvalue weighted by molar-refractivity contribution is 0.583. The summed E-state index contributed by atoms with van der Waals surface area (Å²) in [6, 6.07) is 6.65. The van der Waals surface area contributed by atoms with Gasteiger partial charge >= 0.3 is 0 Å². The lowest BCUT2D eigenvalue weighted by Gasteiger charge is -2.14. The summed E-state index contributed by atoms with van der Waals surface area (Å²) < 4.78 is 1.08. The van der Waals surface area contributed by atoms with Gasteiger partial charge in [0.1, 0.15) is 0 Å². The maximum atomic E-state index is 4.71. The molecule has 0 unspecified atom stereocenters. The first-order chi connectivity index (χ1) is 9.88. The second-order valence-corrected chi connectivity index (χ2v) is 6.61. The van der Waals surface area contributed by atoms with Crippen molar-refractivity contribution in [1.82, 2.24) is 15.3 Å². The summed E-state index contributed by atoms with van der Waals surface area (Å²) in [6.45, 7) is 11.3. The first kappa shape index (κ1) is 16.1. The van der Waals surface area contributed by atoms with Crippen molar-refractivity contribution in [2.45, 2.75) is 47.2 Å². The van der Waals surface area contributed by atoms with Gasteiger partial charge in [0, 0.05) is 39.6 Å². The van der Waals surface area contributed by atoms with Gasteiger partial charge in [-0.15, -0.1) is 0 Å². The van der Waals surface area contributed by atoms with E-state index < -0.39 is 0 Å². The van der Waals surface area contributed by atoms with E-state index in [1.54, 1.807) is 0 Å². The van der Waals surface area contributed by atoms with Gasteiger partial charge in [-0.3, -0.25) is 0 Å². The molecule has 0 saturated heterocycles. The molecular formula is C17H22BrN3. The normalized spacial score (nSPS) is 11.2. The van der Waals surface area contributed by atoms with Crippen LogP contribution in [0.2, 0.25) is 0 Å². The molecule has 1 aromatic carbocycles. The van der Waals surface area contributed by atoms with Crippen molar-refractivity contribution < 1.29 is 0 Å². The molecule has 0 aliphatic rings. The van der Waals surface area contributed by atoms with Crippen LogP contribution >= 0.6 is 15.9 Å². The van der Waals surface area contributed by atoms with Crippen molar-refractivity contribution in [3.8, 4) is 11.4 Å². The van der Waals surface area contributed by atoms with Gasteiger partial charge in [0.25, 0.3) is 0 Å². The first-order valence-electron chi connectivity index (χ1n) is 7.22. The van der Waals surface area contributed by atoms with Crippen LogP contribution in [-0.2, 0) is 6.54 Å². The Morgan fingerprint density at radius 3 is 2.24 bits per heavy atom. The van der Waals surface area contributed by atoms with Gasteiger partial charge in [-0.05, 0) is 44.5 Å². The van der Waals surface area contributed by atoms with Crippen LogP contribution < -0.4 is 5.32 Å². The van der Waals surface area contributed by atoms with E-state index >= 15 is 0 Å². The lowest BCUT2D eigenvalue weighted by atomic mass is 10.1. The minimum absolute atomic E-state index is 0.456. The molecule has 0 aliphatic carbocycles. The summed E-state index contributed by atoms with van der Waals surface area (Å²) in [6.07, 6.45) is 0. The number of aromatic nitrogens is 2. The Morgan fingerprint density at radius 2 is 1.71 bits per heavy atom. The second-order valence-electron chi connectivity index (χ2n) is 5.69. The predicted molar refractivity (Wildman–Crippen MR) is 91.4 cm³/mol. The number of benzene rings is 1. The highest BCUT2D eigenvalue weighted by Crippen LogP contribution is 2.25. The third-order valence-corrected chi connectivity index (χ3v) is 4.03. The molecule has 112 valence electrons. The standard InChI is InChI=1S/C17H22BrN3/c1-10(2)19-9-16-12(4)20-17(21-13(16)5)15-7-6-14(18)8-11(15)3/h6-8,10,19H,9H2,1-5H3. The van der Waals surface area contributed by atoms with Gasteiger partial charge in [0.15, 0.2) is 5.82 Å². The highest BCUT2D eigenvalue weighted by Gasteiger charge is 2.12. The number of aryl methyl sites for hydroxylation is 3. The third kappa shape index (κ3) is 3.89. The van der Waals surface area contributed by atoms with Crippen molar-refractivity contribution in [2.75, 3.05) is 0 Å². The Morgan fingerprint density at radius 1 is 1.10 bits per heavy atom. The quantitative estimate of drug-likeness (QED) is 0.894. The van der Waals surface area contributed by atoms with Crippen LogP contribution in [0.15, 0.2) is 22.7 Å². The van der Waals surface area contributed by atoms with Crippen molar-refractivity contribution in [3.05, 3.63) is 45.2 Å². The average Bonchev–Trinajstić information content (AvgIpc) is 2.37. The van der Waals surface area contributed by atoms with Gasteiger partial charge in [0.2, 0.25) is 0 Å². The number of nitrogens with zero attached hydrogens (tertiary/aromatic N) is 2. The number of halogens is 1. The minimum atomic E-state index is 0.456. The molecule has 1 aromatic heterocycles. The molecule has 0 spiro atoms. The molecule has 0 aliphatic heterocycles. The zero-order chi connectivity index (χ0) is 15.6. The fraction of sp³-hybridized carbons (Fsp3) is 0.412. The lowest BCUT2D eigenvalue weighted by Crippen LogP contribution is -2.23. The zero-order valence-electron chi connectivity index (χ0n) is 13.3. The van der Waals surface area contributed by atoms with Gasteiger partial charge in [-0.2, -0.15) is 0 Å². The van der Waals surface area contributed by atoms with E-state index in [9.17, 15) is 0 Å². The van der Waals surface area contributed by atoms with Crippen molar-refractivity contribution >= 4 is 15.9 Å². The Bertz CT molecular complexity index is 627. The molecule has 0 bridgehead atoms. The summed E-state index contributed by atoms with van der Waals surface area (Å²) in [5.41, 5.74) is 5.56. The van der Waals surface area contributed by atoms with E-state index in [0.717, 1.165) is 33.8 Å². The zero-order valence-corrected chi connectivity index (χ0v) is 14.9. The van der Waals surface area contributed by atoms with E-state index in [4.69, 9.17) is 9.97 Å². The number of rotatable bonds is 4. The number of hydrogen-bond donors (Lipinski definition) is 1. The molecule has 1 N–H and O–H groups in total. The van der Waals surface area contributed by atoms with Crippen LogP contribution in [0.1, 0.15) is 36.4 Å². The molecule has 0 fully saturated rings. The summed E-state index contributed by atoms with van der Waals surface area (Å²) in [5, 5.41) is 3.44. The van der Waals surface area contributed by atoms with Crippen molar-refractivity contribution in [2.24, 2.45) is 0 Å². The van der Waals surface area contributed by atoms with E-state index in [0.29, 0.717) is 6.04 Å². The average molecular weight is 348 g/mol. The van der Waals surface area contributed by atoms with Gasteiger partial charge < -0.3 is 5.32 Å². The number of hydrogen-bond acceptors (Lipinski definition) is 3. The highest BCUT2D eigenvalue weighted by molar-refractivity contribution is 9.10. The van der Waals surface area contributed by atoms with Crippen LogP contribution in [0.4, 0.5) is 0 Å². The van der Waals surface area contributed by atoms with Gasteiger partial charge in [-0.1, -0.05) is 29.8 Å². The molecule has 21 heavy (non-hydrogen) atoms. The summed E-state index contributed by atoms with van der Waals surface area (Å²) in [5.74, 6) is 0.809. The molecule has 3 nitrogen and oxygen atoms in total. The summed E-state index contributed by atoms with van der Waals surface area (Å²) in [4.78, 5) is 9.41. The SMILES string of the molecule is Cc1cc(Br)ccc1-c1nc(C)c(CNC(C)C)c(C)n1. The Hall–Kier alpha value is -1.26. The van der Waals surface area contributed by atoms with E-state index in [2.05, 4.69) is 68.0 Å². The van der Waals surface area contributed by atoms with Gasteiger partial charge in [-0.25, -0.2) is 9.97 Å². The van der Waals surface area contributed by atoms with Crippen molar-refractivity contribution in [3.63, 3.8) is 0 Å². The smallest absolute Gasteiger partial charge is 0.159 e. The van der Waals surface area contributed by atoms with Crippen LogP contribution in [0.5, 0.6) is 0 Å². The Kier molecular flexibility index (Phi) is 5.12. The molecule has 0 radical (unpaired) electrons. The molecule has 2 rings (SSSR count). The summed E-state index contributed by atoms with van der Waals surface area (Å²) in [7, 11) is 0. The van der Waals surface area contributed by atoms with Crippen LogP contribution in [0.25, 0.3) is 11.4 Å². The molecule has 1 heterocycles. The van der Waals surface area contributed by atoms with Crippen molar-refractivity contribution in [1.29, 1.82) is 0 Å². The molecule has 0 saturated carbocycles. The fourth-order valence-corrected chi connectivity index (χ4v) is 2.78. The Labute approximate surface area is 135 Å². The fourth-order valence-electron chi connectivity index (χ4n) is 2.30. The summed E-state index contributed by atoms with van der Waals surface area (Å²) >= 11 is 3.49. The van der Waals surface area contributed by atoms with Gasteiger partial charge in [0.05, 0.1) is 0 Å². The van der Waals surface area contributed by atoms with Crippen LogP contribution in [0, 0.1) is 20.8 Å². The molecule has 0 atom stereocenters. The molecular weight excluding hydrogens is 326 g/mol. The van der Waals surface area contributed by atoms with Crippen LogP contribution in [-0.4, -0.2) is 16.0 Å². The minimum Gasteiger partial charge on any atom is -0.310 e. The highest BCUT2D eigenvalue weighted by atomic mass is 79.9. The topological polar surface area (TPSA) is 37.8 Å². The van der Waals surface area contributed by atoms with E-state index in [1.165, 1.54) is 11.1 Å². The second kappa shape index (κ2) is 6.67. The largest absolute Gasteiger partial charge is 0.310 e. The third-order valence-electron chi connectivity index (χ3n) is 3.54. The van der Waals surface area contributed by atoms with Crippen LogP contribution in [0.3, 0.4) is 0 Å². The molecule has 0 amide bonds. The number of nitrogens with one attached hydrogen (secondary N) is 1. The maximum Gasteiger partial charge on any atom is 0.159 e. The predicted octanol–water partition coefficient (Wildman–Crippen LogP) is 4.33. The van der Waals surface area contributed by atoms with E-state index in [-0.39, 0.29) is 0 Å².